The minimum atomic E-state index is -4.27. The lowest BCUT2D eigenvalue weighted by Crippen LogP contribution is -2.32. The number of benzene rings is 1. The summed E-state index contributed by atoms with van der Waals surface area (Å²) in [5.41, 5.74) is 5.71. The van der Waals surface area contributed by atoms with Crippen molar-refractivity contribution >= 4 is 0 Å². The van der Waals surface area contributed by atoms with E-state index < -0.39 is 11.7 Å². The van der Waals surface area contributed by atoms with Gasteiger partial charge < -0.3 is 5.73 Å². The lowest BCUT2D eigenvalue weighted by atomic mass is 9.78. The van der Waals surface area contributed by atoms with Crippen LogP contribution >= 0.6 is 0 Å². The molecule has 0 aromatic heterocycles. The number of rotatable bonds is 2. The van der Waals surface area contributed by atoms with Gasteiger partial charge in [0.1, 0.15) is 0 Å². The van der Waals surface area contributed by atoms with Crippen molar-refractivity contribution in [3.63, 3.8) is 0 Å². The molecule has 0 saturated heterocycles. The van der Waals surface area contributed by atoms with Crippen molar-refractivity contribution < 1.29 is 13.2 Å². The second kappa shape index (κ2) is 4.33. The molecule has 1 aromatic carbocycles. The van der Waals surface area contributed by atoms with Gasteiger partial charge in [-0.15, -0.1) is 0 Å². The first-order chi connectivity index (χ1) is 7.98. The van der Waals surface area contributed by atoms with Gasteiger partial charge in [-0.1, -0.05) is 31.0 Å². The van der Waals surface area contributed by atoms with Crippen molar-refractivity contribution in [1.29, 1.82) is 0 Å². The van der Waals surface area contributed by atoms with Gasteiger partial charge in [0.25, 0.3) is 0 Å². The highest BCUT2D eigenvalue weighted by atomic mass is 19.4. The van der Waals surface area contributed by atoms with Gasteiger partial charge in [0.2, 0.25) is 0 Å². The molecule has 1 aliphatic carbocycles. The van der Waals surface area contributed by atoms with Crippen LogP contribution in [0, 0.1) is 0 Å². The zero-order valence-electron chi connectivity index (χ0n) is 9.56. The normalized spacial score (nSPS) is 19.5. The van der Waals surface area contributed by atoms with Crippen LogP contribution in [-0.4, -0.2) is 6.54 Å². The second-order valence-corrected chi connectivity index (χ2v) is 4.77. The second-order valence-electron chi connectivity index (χ2n) is 4.77. The Morgan fingerprint density at radius 1 is 1.18 bits per heavy atom. The van der Waals surface area contributed by atoms with E-state index in [1.54, 1.807) is 6.07 Å². The number of halogens is 3. The van der Waals surface area contributed by atoms with Gasteiger partial charge in [0.15, 0.2) is 0 Å². The van der Waals surface area contributed by atoms with Crippen LogP contribution in [0.2, 0.25) is 0 Å². The zero-order chi connectivity index (χ0) is 12.5. The number of hydrogen-bond acceptors (Lipinski definition) is 1. The Balaban J connectivity index is 2.39. The third-order valence-electron chi connectivity index (χ3n) is 3.75. The van der Waals surface area contributed by atoms with Crippen molar-refractivity contribution in [3.05, 3.63) is 35.4 Å². The van der Waals surface area contributed by atoms with E-state index in [0.717, 1.165) is 37.3 Å². The fraction of sp³-hybridized carbons (Fsp3) is 0.538. The van der Waals surface area contributed by atoms with E-state index in [0.29, 0.717) is 6.54 Å². The molecular weight excluding hydrogens is 227 g/mol. The van der Waals surface area contributed by atoms with Crippen molar-refractivity contribution in [1.82, 2.24) is 0 Å². The molecule has 0 heterocycles. The topological polar surface area (TPSA) is 26.0 Å². The monoisotopic (exact) mass is 243 g/mol. The lowest BCUT2D eigenvalue weighted by Gasteiger charge is -2.28. The molecule has 4 heteroatoms. The minimum Gasteiger partial charge on any atom is -0.330 e. The summed E-state index contributed by atoms with van der Waals surface area (Å²) in [6, 6.07) is 5.63. The predicted molar refractivity (Wildman–Crippen MR) is 60.6 cm³/mol. The molecule has 0 spiro atoms. The SMILES string of the molecule is NCC1(c2cccc(C(F)(F)F)c2)CCCC1. The first-order valence-electron chi connectivity index (χ1n) is 5.86. The van der Waals surface area contributed by atoms with Gasteiger partial charge in [0, 0.05) is 12.0 Å². The number of hydrogen-bond donors (Lipinski definition) is 1. The van der Waals surface area contributed by atoms with Crippen LogP contribution < -0.4 is 5.73 Å². The van der Waals surface area contributed by atoms with Crippen LogP contribution in [-0.2, 0) is 11.6 Å². The Kier molecular flexibility index (Phi) is 3.17. The van der Waals surface area contributed by atoms with Gasteiger partial charge in [-0.05, 0) is 24.5 Å². The highest BCUT2D eigenvalue weighted by molar-refractivity contribution is 5.33. The fourth-order valence-electron chi connectivity index (χ4n) is 2.69. The minimum absolute atomic E-state index is 0.235. The smallest absolute Gasteiger partial charge is 0.330 e. The molecule has 1 fully saturated rings. The lowest BCUT2D eigenvalue weighted by molar-refractivity contribution is -0.137. The Morgan fingerprint density at radius 2 is 1.82 bits per heavy atom. The van der Waals surface area contributed by atoms with E-state index in [2.05, 4.69) is 0 Å². The van der Waals surface area contributed by atoms with E-state index in [1.807, 2.05) is 0 Å². The summed E-state index contributed by atoms with van der Waals surface area (Å²) < 4.78 is 38.0. The molecular formula is C13H16F3N. The molecule has 0 amide bonds. The Bertz CT molecular complexity index is 392. The quantitative estimate of drug-likeness (QED) is 0.845. The first-order valence-corrected chi connectivity index (χ1v) is 5.86. The van der Waals surface area contributed by atoms with Crippen LogP contribution in [0.25, 0.3) is 0 Å². The van der Waals surface area contributed by atoms with E-state index in [9.17, 15) is 13.2 Å². The van der Waals surface area contributed by atoms with Crippen molar-refractivity contribution in [2.24, 2.45) is 5.73 Å². The first kappa shape index (κ1) is 12.4. The molecule has 0 aliphatic heterocycles. The third kappa shape index (κ3) is 2.32. The summed E-state index contributed by atoms with van der Waals surface area (Å²) in [7, 11) is 0. The maximum Gasteiger partial charge on any atom is 0.416 e. The van der Waals surface area contributed by atoms with Gasteiger partial charge in [-0.25, -0.2) is 0 Å². The van der Waals surface area contributed by atoms with E-state index in [-0.39, 0.29) is 5.41 Å². The number of nitrogens with two attached hydrogens (primary N) is 1. The molecule has 0 bridgehead atoms. The van der Waals surface area contributed by atoms with Gasteiger partial charge in [-0.2, -0.15) is 13.2 Å². The van der Waals surface area contributed by atoms with Crippen molar-refractivity contribution in [2.45, 2.75) is 37.3 Å². The van der Waals surface area contributed by atoms with Crippen LogP contribution in [0.1, 0.15) is 36.8 Å². The van der Waals surface area contributed by atoms with Crippen molar-refractivity contribution in [3.8, 4) is 0 Å². The molecule has 1 saturated carbocycles. The number of alkyl halides is 3. The van der Waals surface area contributed by atoms with E-state index >= 15 is 0 Å². The molecule has 1 aliphatic rings. The molecule has 2 N–H and O–H groups in total. The molecule has 1 nitrogen and oxygen atoms in total. The summed E-state index contributed by atoms with van der Waals surface area (Å²) >= 11 is 0. The average Bonchev–Trinajstić information content (AvgIpc) is 2.78. The molecule has 94 valence electrons. The standard InChI is InChI=1S/C13H16F3N/c14-13(15,16)11-5-3-4-10(8-11)12(9-17)6-1-2-7-12/h3-5,8H,1-2,6-7,9,17H2. The molecule has 0 atom stereocenters. The Hall–Kier alpha value is -1.03. The van der Waals surface area contributed by atoms with Crippen LogP contribution in [0.4, 0.5) is 13.2 Å². The molecule has 17 heavy (non-hydrogen) atoms. The van der Waals surface area contributed by atoms with Gasteiger partial charge in [-0.3, -0.25) is 0 Å². The van der Waals surface area contributed by atoms with Gasteiger partial charge in [0.05, 0.1) is 5.56 Å². The largest absolute Gasteiger partial charge is 0.416 e. The molecule has 0 radical (unpaired) electrons. The summed E-state index contributed by atoms with van der Waals surface area (Å²) in [6.07, 6.45) is -0.388. The summed E-state index contributed by atoms with van der Waals surface area (Å²) in [5, 5.41) is 0. The summed E-state index contributed by atoms with van der Waals surface area (Å²) in [6.45, 7) is 0.425. The molecule has 2 rings (SSSR count). The maximum atomic E-state index is 12.7. The predicted octanol–water partition coefficient (Wildman–Crippen LogP) is 3.48. The maximum absolute atomic E-state index is 12.7. The fourth-order valence-corrected chi connectivity index (χ4v) is 2.69. The van der Waals surface area contributed by atoms with E-state index in [1.165, 1.54) is 12.1 Å². The van der Waals surface area contributed by atoms with Gasteiger partial charge >= 0.3 is 6.18 Å². The van der Waals surface area contributed by atoms with Crippen LogP contribution in [0.3, 0.4) is 0 Å². The highest BCUT2D eigenvalue weighted by Crippen LogP contribution is 2.41. The Labute approximate surface area is 98.8 Å². The Morgan fingerprint density at radius 3 is 2.35 bits per heavy atom. The van der Waals surface area contributed by atoms with Crippen molar-refractivity contribution in [2.75, 3.05) is 6.54 Å². The zero-order valence-corrected chi connectivity index (χ0v) is 9.56. The highest BCUT2D eigenvalue weighted by Gasteiger charge is 2.37. The summed E-state index contributed by atoms with van der Waals surface area (Å²) in [4.78, 5) is 0. The molecule has 0 unspecified atom stereocenters. The van der Waals surface area contributed by atoms with E-state index in [4.69, 9.17) is 5.73 Å². The van der Waals surface area contributed by atoms with Crippen LogP contribution in [0.15, 0.2) is 24.3 Å². The third-order valence-corrected chi connectivity index (χ3v) is 3.75. The average molecular weight is 243 g/mol. The van der Waals surface area contributed by atoms with Crippen LogP contribution in [0.5, 0.6) is 0 Å². The summed E-state index contributed by atoms with van der Waals surface area (Å²) in [5.74, 6) is 0. The molecule has 1 aromatic rings.